The number of ether oxygens (including phenoxy) is 2. The van der Waals surface area contributed by atoms with Crippen LogP contribution in [0.4, 0.5) is 0 Å². The van der Waals surface area contributed by atoms with E-state index in [-0.39, 0.29) is 19.1 Å². The zero-order valence-corrected chi connectivity index (χ0v) is 10.7. The molecule has 0 aromatic heterocycles. The van der Waals surface area contributed by atoms with E-state index in [1.54, 1.807) is 25.3 Å². The molecule has 0 spiro atoms. The van der Waals surface area contributed by atoms with Gasteiger partial charge < -0.3 is 19.9 Å². The highest BCUT2D eigenvalue weighted by Crippen LogP contribution is 2.28. The monoisotopic (exact) mass is 253 g/mol. The van der Waals surface area contributed by atoms with Crippen molar-refractivity contribution in [1.29, 1.82) is 0 Å². The predicted molar refractivity (Wildman–Crippen MR) is 67.7 cm³/mol. The third kappa shape index (κ3) is 4.25. The van der Waals surface area contributed by atoms with E-state index in [2.05, 4.69) is 5.32 Å². The zero-order valence-electron chi connectivity index (χ0n) is 10.7. The largest absolute Gasteiger partial charge is 0.493 e. The van der Waals surface area contributed by atoms with Crippen molar-refractivity contribution >= 4 is 5.91 Å². The number of aliphatic hydroxyl groups excluding tert-OH is 1. The predicted octanol–water partition coefficient (Wildman–Crippen LogP) is 1.09. The fourth-order valence-corrected chi connectivity index (χ4v) is 1.47. The lowest BCUT2D eigenvalue weighted by molar-refractivity contribution is -0.121. The van der Waals surface area contributed by atoms with E-state index < -0.39 is 0 Å². The Morgan fingerprint density at radius 1 is 1.39 bits per heavy atom. The van der Waals surface area contributed by atoms with Gasteiger partial charge in [-0.3, -0.25) is 4.79 Å². The first kappa shape index (κ1) is 14.3. The summed E-state index contributed by atoms with van der Waals surface area (Å²) in [5.41, 5.74) is 0.740. The first-order valence-corrected chi connectivity index (χ1v) is 5.88. The smallest absolute Gasteiger partial charge is 0.223 e. The quantitative estimate of drug-likeness (QED) is 0.763. The van der Waals surface area contributed by atoms with Crippen LogP contribution in [0.5, 0.6) is 11.5 Å². The lowest BCUT2D eigenvalue weighted by Gasteiger charge is -2.11. The summed E-state index contributed by atoms with van der Waals surface area (Å²) < 4.78 is 10.6. The molecule has 0 radical (unpaired) electrons. The summed E-state index contributed by atoms with van der Waals surface area (Å²) in [6.07, 6.45) is 0.292. The Morgan fingerprint density at radius 3 is 2.78 bits per heavy atom. The molecular weight excluding hydrogens is 234 g/mol. The van der Waals surface area contributed by atoms with Crippen LogP contribution < -0.4 is 14.8 Å². The van der Waals surface area contributed by atoms with Crippen molar-refractivity contribution in [2.45, 2.75) is 20.0 Å². The number of hydrogen-bond donors (Lipinski definition) is 2. The summed E-state index contributed by atoms with van der Waals surface area (Å²) in [5.74, 6) is 1.08. The zero-order chi connectivity index (χ0) is 13.4. The van der Waals surface area contributed by atoms with Gasteiger partial charge >= 0.3 is 0 Å². The van der Waals surface area contributed by atoms with E-state index in [1.165, 1.54) is 0 Å². The molecule has 2 N–H and O–H groups in total. The summed E-state index contributed by atoms with van der Waals surface area (Å²) in [6, 6.07) is 5.19. The van der Waals surface area contributed by atoms with Gasteiger partial charge in [0, 0.05) is 6.54 Å². The highest BCUT2D eigenvalue weighted by atomic mass is 16.5. The molecule has 1 amide bonds. The molecule has 18 heavy (non-hydrogen) atoms. The molecule has 0 unspecified atom stereocenters. The fourth-order valence-electron chi connectivity index (χ4n) is 1.47. The van der Waals surface area contributed by atoms with Gasteiger partial charge in [-0.1, -0.05) is 6.07 Å². The van der Waals surface area contributed by atoms with Gasteiger partial charge in [0.1, 0.15) is 0 Å². The van der Waals surface area contributed by atoms with Gasteiger partial charge in [0.15, 0.2) is 11.5 Å². The number of methoxy groups -OCH3 is 1. The lowest BCUT2D eigenvalue weighted by atomic mass is 10.2. The number of aliphatic hydroxyl groups is 1. The number of carbonyl (C=O) groups is 1. The second-order valence-electron chi connectivity index (χ2n) is 3.70. The molecule has 0 atom stereocenters. The summed E-state index contributed by atoms with van der Waals surface area (Å²) in [4.78, 5) is 11.2. The van der Waals surface area contributed by atoms with Crippen molar-refractivity contribution in [3.63, 3.8) is 0 Å². The number of amides is 1. The first-order chi connectivity index (χ1) is 8.71. The van der Waals surface area contributed by atoms with E-state index in [0.717, 1.165) is 5.56 Å². The third-order valence-corrected chi connectivity index (χ3v) is 2.37. The maximum Gasteiger partial charge on any atom is 0.223 e. The molecule has 1 aromatic rings. The van der Waals surface area contributed by atoms with E-state index in [1.807, 2.05) is 6.92 Å². The van der Waals surface area contributed by atoms with Crippen LogP contribution in [0, 0.1) is 0 Å². The van der Waals surface area contributed by atoms with Gasteiger partial charge in [0.25, 0.3) is 0 Å². The van der Waals surface area contributed by atoms with Crippen LogP contribution in [-0.4, -0.2) is 31.3 Å². The van der Waals surface area contributed by atoms with E-state index >= 15 is 0 Å². The molecule has 1 aromatic carbocycles. The van der Waals surface area contributed by atoms with Gasteiger partial charge in [-0.25, -0.2) is 0 Å². The van der Waals surface area contributed by atoms with Crippen molar-refractivity contribution in [1.82, 2.24) is 5.32 Å². The maximum atomic E-state index is 11.2. The molecule has 0 heterocycles. The van der Waals surface area contributed by atoms with Crippen molar-refractivity contribution in [3.05, 3.63) is 23.8 Å². The molecule has 100 valence electrons. The molecule has 0 bridgehead atoms. The molecule has 1 rings (SSSR count). The molecule has 0 aliphatic rings. The molecule has 0 saturated heterocycles. The lowest BCUT2D eigenvalue weighted by Crippen LogP contribution is -2.24. The Bertz CT molecular complexity index is 393. The molecule has 0 saturated carbocycles. The molecule has 0 fully saturated rings. The molecule has 5 heteroatoms. The van der Waals surface area contributed by atoms with E-state index in [4.69, 9.17) is 14.6 Å². The molecule has 0 aliphatic carbocycles. The van der Waals surface area contributed by atoms with Crippen molar-refractivity contribution in [2.75, 3.05) is 20.3 Å². The van der Waals surface area contributed by atoms with Crippen LogP contribution in [-0.2, 0) is 11.4 Å². The maximum absolute atomic E-state index is 11.2. The van der Waals surface area contributed by atoms with Crippen molar-refractivity contribution in [2.24, 2.45) is 0 Å². The van der Waals surface area contributed by atoms with Crippen molar-refractivity contribution in [3.8, 4) is 11.5 Å². The normalized spacial score (nSPS) is 9.94. The Kier molecular flexibility index (Phi) is 6.00. The van der Waals surface area contributed by atoms with Gasteiger partial charge in [0.2, 0.25) is 5.91 Å². The number of carbonyl (C=O) groups excluding carboxylic acids is 1. The minimum absolute atomic E-state index is 0.0465. The van der Waals surface area contributed by atoms with Crippen LogP contribution in [0.3, 0.4) is 0 Å². The number of nitrogens with one attached hydrogen (secondary N) is 1. The average Bonchev–Trinajstić information content (AvgIpc) is 2.39. The molecule has 0 aliphatic heterocycles. The van der Waals surface area contributed by atoms with Gasteiger partial charge in [0.05, 0.1) is 26.7 Å². The van der Waals surface area contributed by atoms with Crippen LogP contribution in [0.15, 0.2) is 18.2 Å². The highest BCUT2D eigenvalue weighted by Gasteiger charge is 2.07. The number of rotatable bonds is 7. The average molecular weight is 253 g/mol. The Hall–Kier alpha value is -1.75. The van der Waals surface area contributed by atoms with E-state index in [9.17, 15) is 4.79 Å². The van der Waals surface area contributed by atoms with Crippen molar-refractivity contribution < 1.29 is 19.4 Å². The summed E-state index contributed by atoms with van der Waals surface area (Å²) in [6.45, 7) is 2.70. The Labute approximate surface area is 107 Å². The Balaban J connectivity index is 2.57. The topological polar surface area (TPSA) is 67.8 Å². The second-order valence-corrected chi connectivity index (χ2v) is 3.70. The SMILES string of the molecule is CCNC(=O)CCOc1cc(CO)ccc1OC. The molecular formula is C13H19NO4. The van der Waals surface area contributed by atoms with Gasteiger partial charge in [-0.05, 0) is 24.6 Å². The fraction of sp³-hybridized carbons (Fsp3) is 0.462. The highest BCUT2D eigenvalue weighted by molar-refractivity contribution is 5.75. The summed E-state index contributed by atoms with van der Waals surface area (Å²) >= 11 is 0. The van der Waals surface area contributed by atoms with Crippen LogP contribution in [0.2, 0.25) is 0 Å². The standard InChI is InChI=1S/C13H19NO4/c1-3-14-13(16)6-7-18-12-8-10(9-15)4-5-11(12)17-2/h4-5,8,15H,3,6-7,9H2,1-2H3,(H,14,16). The van der Waals surface area contributed by atoms with E-state index in [0.29, 0.717) is 24.5 Å². The van der Waals surface area contributed by atoms with Gasteiger partial charge in [-0.2, -0.15) is 0 Å². The Morgan fingerprint density at radius 2 is 2.17 bits per heavy atom. The number of hydrogen-bond acceptors (Lipinski definition) is 4. The summed E-state index contributed by atoms with van der Waals surface area (Å²) in [7, 11) is 1.55. The van der Waals surface area contributed by atoms with Crippen LogP contribution >= 0.6 is 0 Å². The molecule has 5 nitrogen and oxygen atoms in total. The minimum Gasteiger partial charge on any atom is -0.493 e. The summed E-state index contributed by atoms with van der Waals surface area (Å²) in [5, 5.41) is 11.7. The van der Waals surface area contributed by atoms with Gasteiger partial charge in [-0.15, -0.1) is 0 Å². The third-order valence-electron chi connectivity index (χ3n) is 2.37. The number of benzene rings is 1. The van der Waals surface area contributed by atoms with Crippen LogP contribution in [0.1, 0.15) is 18.9 Å². The minimum atomic E-state index is -0.0589. The second kappa shape index (κ2) is 7.55. The first-order valence-electron chi connectivity index (χ1n) is 5.88. The van der Waals surface area contributed by atoms with Crippen LogP contribution in [0.25, 0.3) is 0 Å².